The summed E-state index contributed by atoms with van der Waals surface area (Å²) in [5.41, 5.74) is 0.816. The van der Waals surface area contributed by atoms with Gasteiger partial charge in [0.05, 0.1) is 20.3 Å². The zero-order chi connectivity index (χ0) is 14.2. The Kier molecular flexibility index (Phi) is 5.77. The lowest BCUT2D eigenvalue weighted by atomic mass is 10.2. The van der Waals surface area contributed by atoms with Gasteiger partial charge in [-0.25, -0.2) is 0 Å². The molecule has 20 heavy (non-hydrogen) atoms. The zero-order valence-electron chi connectivity index (χ0n) is 11.4. The van der Waals surface area contributed by atoms with Crippen molar-refractivity contribution in [1.82, 2.24) is 0 Å². The summed E-state index contributed by atoms with van der Waals surface area (Å²) in [5, 5.41) is 9.15. The number of aliphatic hydroxyl groups is 1. The molecule has 0 fully saturated rings. The largest absolute Gasteiger partial charge is 0.493 e. The first-order valence-electron chi connectivity index (χ1n) is 6.42. The second-order valence-corrected chi connectivity index (χ2v) is 5.32. The molecule has 2 aromatic rings. The first-order chi connectivity index (χ1) is 9.83. The van der Waals surface area contributed by atoms with Crippen molar-refractivity contribution in [3.63, 3.8) is 0 Å². The van der Waals surface area contributed by atoms with Gasteiger partial charge in [0, 0.05) is 10.6 Å². The lowest BCUT2D eigenvalue weighted by molar-refractivity contribution is 0.278. The van der Waals surface area contributed by atoms with Crippen LogP contribution in [0.4, 0.5) is 0 Å². The number of hydrogen-bond donors (Lipinski definition) is 1. The highest BCUT2D eigenvalue weighted by Crippen LogP contribution is 2.28. The highest BCUT2D eigenvalue weighted by molar-refractivity contribution is 7.99. The molecule has 0 saturated heterocycles. The minimum absolute atomic E-state index is 0.000873. The van der Waals surface area contributed by atoms with Gasteiger partial charge in [-0.2, -0.15) is 0 Å². The number of thioether (sulfide) groups is 1. The van der Waals surface area contributed by atoms with Crippen molar-refractivity contribution in [2.24, 2.45) is 0 Å². The van der Waals surface area contributed by atoms with Crippen LogP contribution in [-0.2, 0) is 6.61 Å². The maximum atomic E-state index is 9.15. The molecule has 4 heteroatoms. The van der Waals surface area contributed by atoms with Crippen LogP contribution in [0.5, 0.6) is 11.5 Å². The van der Waals surface area contributed by atoms with Gasteiger partial charge in [-0.1, -0.05) is 24.3 Å². The second-order valence-electron chi connectivity index (χ2n) is 4.15. The molecular weight excluding hydrogens is 272 g/mol. The van der Waals surface area contributed by atoms with E-state index in [4.69, 9.17) is 14.6 Å². The van der Waals surface area contributed by atoms with Gasteiger partial charge >= 0.3 is 0 Å². The minimum atomic E-state index is -0.000873. The molecule has 0 atom stereocenters. The maximum absolute atomic E-state index is 9.15. The Labute approximate surface area is 123 Å². The Morgan fingerprint density at radius 3 is 2.55 bits per heavy atom. The van der Waals surface area contributed by atoms with E-state index in [-0.39, 0.29) is 6.61 Å². The van der Waals surface area contributed by atoms with Crippen molar-refractivity contribution in [2.75, 3.05) is 19.5 Å². The average molecular weight is 290 g/mol. The SMILES string of the molecule is COc1ccc(CO)cc1OCCSc1ccccc1. The zero-order valence-corrected chi connectivity index (χ0v) is 12.2. The number of benzene rings is 2. The van der Waals surface area contributed by atoms with E-state index in [1.165, 1.54) is 4.90 Å². The smallest absolute Gasteiger partial charge is 0.161 e. The highest BCUT2D eigenvalue weighted by Gasteiger charge is 2.05. The van der Waals surface area contributed by atoms with E-state index in [0.717, 1.165) is 11.3 Å². The topological polar surface area (TPSA) is 38.7 Å². The third-order valence-electron chi connectivity index (χ3n) is 2.76. The van der Waals surface area contributed by atoms with E-state index >= 15 is 0 Å². The van der Waals surface area contributed by atoms with Gasteiger partial charge in [0.15, 0.2) is 11.5 Å². The minimum Gasteiger partial charge on any atom is -0.493 e. The van der Waals surface area contributed by atoms with Crippen molar-refractivity contribution in [3.05, 3.63) is 54.1 Å². The summed E-state index contributed by atoms with van der Waals surface area (Å²) in [6.07, 6.45) is 0. The Hall–Kier alpha value is -1.65. The molecule has 0 aromatic heterocycles. The average Bonchev–Trinajstić information content (AvgIpc) is 2.52. The predicted octanol–water partition coefficient (Wildman–Crippen LogP) is 3.36. The van der Waals surface area contributed by atoms with Crippen molar-refractivity contribution in [3.8, 4) is 11.5 Å². The van der Waals surface area contributed by atoms with E-state index in [1.54, 1.807) is 18.9 Å². The fourth-order valence-corrected chi connectivity index (χ4v) is 2.51. The molecule has 1 N–H and O–H groups in total. The monoisotopic (exact) mass is 290 g/mol. The summed E-state index contributed by atoms with van der Waals surface area (Å²) in [5.74, 6) is 2.22. The van der Waals surface area contributed by atoms with Crippen LogP contribution >= 0.6 is 11.8 Å². The van der Waals surface area contributed by atoms with Gasteiger partial charge in [-0.15, -0.1) is 11.8 Å². The van der Waals surface area contributed by atoms with E-state index in [1.807, 2.05) is 36.4 Å². The third kappa shape index (κ3) is 4.18. The van der Waals surface area contributed by atoms with Crippen LogP contribution in [-0.4, -0.2) is 24.6 Å². The molecule has 2 rings (SSSR count). The van der Waals surface area contributed by atoms with Gasteiger partial charge in [0.1, 0.15) is 0 Å². The number of hydrogen-bond acceptors (Lipinski definition) is 4. The van der Waals surface area contributed by atoms with Gasteiger partial charge in [0.2, 0.25) is 0 Å². The van der Waals surface area contributed by atoms with Crippen molar-refractivity contribution in [2.45, 2.75) is 11.5 Å². The van der Waals surface area contributed by atoms with Crippen LogP contribution in [0.2, 0.25) is 0 Å². The predicted molar refractivity (Wildman–Crippen MR) is 81.6 cm³/mol. The lowest BCUT2D eigenvalue weighted by Crippen LogP contribution is -2.02. The molecule has 0 aliphatic rings. The van der Waals surface area contributed by atoms with Crippen LogP contribution < -0.4 is 9.47 Å². The Balaban J connectivity index is 1.87. The van der Waals surface area contributed by atoms with Crippen molar-refractivity contribution in [1.29, 1.82) is 0 Å². The molecular formula is C16H18O3S. The first-order valence-corrected chi connectivity index (χ1v) is 7.40. The Morgan fingerprint density at radius 1 is 1.05 bits per heavy atom. The highest BCUT2D eigenvalue weighted by atomic mass is 32.2. The number of aliphatic hydroxyl groups excluding tert-OH is 1. The van der Waals surface area contributed by atoms with Gasteiger partial charge in [0.25, 0.3) is 0 Å². The van der Waals surface area contributed by atoms with Crippen LogP contribution in [0, 0.1) is 0 Å². The fraction of sp³-hybridized carbons (Fsp3) is 0.250. The summed E-state index contributed by atoms with van der Waals surface area (Å²) in [4.78, 5) is 1.23. The molecule has 0 saturated carbocycles. The molecule has 2 aromatic carbocycles. The molecule has 0 bridgehead atoms. The third-order valence-corrected chi connectivity index (χ3v) is 3.74. The van der Waals surface area contributed by atoms with E-state index in [0.29, 0.717) is 18.1 Å². The van der Waals surface area contributed by atoms with Crippen molar-refractivity contribution >= 4 is 11.8 Å². The van der Waals surface area contributed by atoms with Crippen LogP contribution in [0.3, 0.4) is 0 Å². The molecule has 0 aliphatic heterocycles. The molecule has 0 heterocycles. The van der Waals surface area contributed by atoms with E-state index in [2.05, 4.69) is 12.1 Å². The molecule has 0 spiro atoms. The molecule has 0 aliphatic carbocycles. The molecule has 0 radical (unpaired) electrons. The normalized spacial score (nSPS) is 10.3. The molecule has 0 amide bonds. The molecule has 0 unspecified atom stereocenters. The lowest BCUT2D eigenvalue weighted by Gasteiger charge is -2.11. The van der Waals surface area contributed by atoms with E-state index in [9.17, 15) is 0 Å². The molecule has 106 valence electrons. The number of methoxy groups -OCH3 is 1. The second kappa shape index (κ2) is 7.82. The fourth-order valence-electron chi connectivity index (χ4n) is 1.76. The Bertz CT molecular complexity index is 529. The van der Waals surface area contributed by atoms with Gasteiger partial charge in [-0.05, 0) is 29.8 Å². The van der Waals surface area contributed by atoms with Crippen molar-refractivity contribution < 1.29 is 14.6 Å². The van der Waals surface area contributed by atoms with Crippen LogP contribution in [0.15, 0.2) is 53.4 Å². The summed E-state index contributed by atoms with van der Waals surface area (Å²) < 4.78 is 11.0. The maximum Gasteiger partial charge on any atom is 0.161 e. The number of ether oxygens (including phenoxy) is 2. The van der Waals surface area contributed by atoms with Gasteiger partial charge < -0.3 is 14.6 Å². The van der Waals surface area contributed by atoms with E-state index < -0.39 is 0 Å². The summed E-state index contributed by atoms with van der Waals surface area (Å²) in [7, 11) is 1.61. The van der Waals surface area contributed by atoms with Gasteiger partial charge in [-0.3, -0.25) is 0 Å². The standard InChI is InChI=1S/C16H18O3S/c1-18-15-8-7-13(12-17)11-16(15)19-9-10-20-14-5-3-2-4-6-14/h2-8,11,17H,9-10,12H2,1H3. The quantitative estimate of drug-likeness (QED) is 0.627. The first kappa shape index (κ1) is 14.8. The summed E-state index contributed by atoms with van der Waals surface area (Å²) >= 11 is 1.75. The van der Waals surface area contributed by atoms with Crippen LogP contribution in [0.1, 0.15) is 5.56 Å². The summed E-state index contributed by atoms with van der Waals surface area (Å²) in [6.45, 7) is 0.587. The van der Waals surface area contributed by atoms with Crippen LogP contribution in [0.25, 0.3) is 0 Å². The summed E-state index contributed by atoms with van der Waals surface area (Å²) in [6, 6.07) is 15.7. The number of rotatable bonds is 7. The Morgan fingerprint density at radius 2 is 1.85 bits per heavy atom. The molecule has 3 nitrogen and oxygen atoms in total.